The summed E-state index contributed by atoms with van der Waals surface area (Å²) in [5, 5.41) is 1.08. The fourth-order valence-corrected chi connectivity index (χ4v) is 3.28. The van der Waals surface area contributed by atoms with Crippen molar-refractivity contribution < 1.29 is 19.0 Å². The minimum absolute atomic E-state index is 0.0753. The van der Waals surface area contributed by atoms with Crippen LogP contribution in [0.2, 0.25) is 0 Å². The first kappa shape index (κ1) is 21.8. The van der Waals surface area contributed by atoms with Crippen molar-refractivity contribution in [3.63, 3.8) is 0 Å². The topological polar surface area (TPSA) is 49.7 Å². The number of hydrogen-bond acceptors (Lipinski definition) is 4. The quantitative estimate of drug-likeness (QED) is 0.353. The first-order chi connectivity index (χ1) is 14.4. The number of fused-ring (bicyclic) bond motifs is 1. The zero-order chi connectivity index (χ0) is 21.6. The molecule has 0 aliphatic rings. The molecule has 0 N–H and O–H groups in total. The normalized spacial score (nSPS) is 11.5. The zero-order valence-corrected chi connectivity index (χ0v) is 18.3. The molecule has 0 fully saturated rings. The van der Waals surface area contributed by atoms with E-state index >= 15 is 0 Å². The summed E-state index contributed by atoms with van der Waals surface area (Å²) in [5.41, 5.74) is 2.59. The molecule has 5 nitrogen and oxygen atoms in total. The Morgan fingerprint density at radius 1 is 0.967 bits per heavy atom. The van der Waals surface area contributed by atoms with Crippen molar-refractivity contribution in [3.8, 4) is 11.5 Å². The van der Waals surface area contributed by atoms with Crippen molar-refractivity contribution in [2.24, 2.45) is 0 Å². The molecule has 3 rings (SSSR count). The van der Waals surface area contributed by atoms with Gasteiger partial charge in [-0.25, -0.2) is 4.79 Å². The molecule has 1 heterocycles. The number of aromatic nitrogens is 1. The first-order valence-corrected chi connectivity index (χ1v) is 10.5. The summed E-state index contributed by atoms with van der Waals surface area (Å²) in [6.07, 6.45) is 2.98. The summed E-state index contributed by atoms with van der Waals surface area (Å²) in [5.74, 6) is 1.21. The lowest BCUT2D eigenvalue weighted by atomic mass is 9.87. The number of benzene rings is 2. The van der Waals surface area contributed by atoms with Gasteiger partial charge >= 0.3 is 5.97 Å². The number of hydrogen-bond donors (Lipinski definition) is 0. The van der Waals surface area contributed by atoms with Crippen LogP contribution in [0.3, 0.4) is 0 Å². The maximum atomic E-state index is 11.4. The molecule has 0 saturated carbocycles. The summed E-state index contributed by atoms with van der Waals surface area (Å²) in [4.78, 5) is 11.4. The molecule has 30 heavy (non-hydrogen) atoms. The predicted octanol–water partition coefficient (Wildman–Crippen LogP) is 5.35. The van der Waals surface area contributed by atoms with Crippen LogP contribution in [0.1, 0.15) is 39.7 Å². The minimum atomic E-state index is -0.358. The van der Waals surface area contributed by atoms with Crippen molar-refractivity contribution in [2.75, 3.05) is 19.8 Å². The lowest BCUT2D eigenvalue weighted by Crippen LogP contribution is -2.14. The molecule has 0 atom stereocenters. The van der Waals surface area contributed by atoms with Crippen LogP contribution in [0, 0.1) is 0 Å². The number of rotatable bonds is 9. The van der Waals surface area contributed by atoms with Gasteiger partial charge in [-0.1, -0.05) is 32.9 Å². The number of nitrogens with zero attached hydrogens (tertiary/aromatic N) is 1. The third kappa shape index (κ3) is 5.78. The Kier molecular flexibility index (Phi) is 7.03. The molecule has 2 aromatic carbocycles. The van der Waals surface area contributed by atoms with Crippen LogP contribution in [-0.4, -0.2) is 30.4 Å². The van der Waals surface area contributed by atoms with E-state index in [0.29, 0.717) is 19.0 Å². The molecule has 0 radical (unpaired) electrons. The second-order valence-electron chi connectivity index (χ2n) is 8.30. The van der Waals surface area contributed by atoms with Gasteiger partial charge in [0.05, 0.1) is 13.2 Å². The molecular formula is C25H31NO4. The van der Waals surface area contributed by atoms with Crippen molar-refractivity contribution in [3.05, 3.63) is 60.3 Å². The summed E-state index contributed by atoms with van der Waals surface area (Å²) in [7, 11) is 0. The third-order valence-corrected chi connectivity index (χ3v) is 4.94. The Morgan fingerprint density at radius 3 is 2.40 bits per heavy atom. The number of carbonyl (C=O) groups excluding carboxylic acids is 1. The van der Waals surface area contributed by atoms with Crippen LogP contribution in [0.15, 0.2) is 54.7 Å². The third-order valence-electron chi connectivity index (χ3n) is 4.94. The van der Waals surface area contributed by atoms with Gasteiger partial charge < -0.3 is 18.8 Å². The summed E-state index contributed by atoms with van der Waals surface area (Å²) in [6, 6.07) is 16.3. The van der Waals surface area contributed by atoms with E-state index in [-0.39, 0.29) is 18.0 Å². The molecule has 0 amide bonds. The Labute approximate surface area is 178 Å². The molecular weight excluding hydrogens is 378 g/mol. The SMILES string of the molecule is CCOC(=O)COc1ccc2c(ccn2CCCOc2ccc(C(C)(C)C)cc2)c1. The molecule has 1 aromatic heterocycles. The van der Waals surface area contributed by atoms with Crippen LogP contribution in [0.4, 0.5) is 0 Å². The fourth-order valence-electron chi connectivity index (χ4n) is 3.28. The zero-order valence-electron chi connectivity index (χ0n) is 18.3. The first-order valence-electron chi connectivity index (χ1n) is 10.5. The van der Waals surface area contributed by atoms with Crippen LogP contribution in [-0.2, 0) is 21.5 Å². The monoisotopic (exact) mass is 409 g/mol. The Bertz CT molecular complexity index is 967. The lowest BCUT2D eigenvalue weighted by Gasteiger charge is -2.19. The van der Waals surface area contributed by atoms with E-state index in [1.807, 2.05) is 30.3 Å². The van der Waals surface area contributed by atoms with Gasteiger partial charge in [0.15, 0.2) is 6.61 Å². The van der Waals surface area contributed by atoms with Crippen LogP contribution < -0.4 is 9.47 Å². The lowest BCUT2D eigenvalue weighted by molar-refractivity contribution is -0.145. The van der Waals surface area contributed by atoms with Gasteiger partial charge in [-0.05, 0) is 60.7 Å². The van der Waals surface area contributed by atoms with E-state index in [9.17, 15) is 4.79 Å². The maximum Gasteiger partial charge on any atom is 0.344 e. The van der Waals surface area contributed by atoms with Gasteiger partial charge in [-0.15, -0.1) is 0 Å². The Balaban J connectivity index is 1.50. The molecule has 5 heteroatoms. The summed E-state index contributed by atoms with van der Waals surface area (Å²) >= 11 is 0. The van der Waals surface area contributed by atoms with Crippen LogP contribution in [0.5, 0.6) is 11.5 Å². The van der Waals surface area contributed by atoms with Gasteiger partial charge in [0.2, 0.25) is 0 Å². The maximum absolute atomic E-state index is 11.4. The standard InChI is InChI=1S/C25H31NO4/c1-5-28-24(27)18-30-22-11-12-23-19(17-22)13-15-26(23)14-6-16-29-21-9-7-20(8-10-21)25(2,3)4/h7-13,15,17H,5-6,14,16,18H2,1-4H3. The second-order valence-corrected chi connectivity index (χ2v) is 8.30. The molecule has 0 spiro atoms. The minimum Gasteiger partial charge on any atom is -0.494 e. The van der Waals surface area contributed by atoms with Crippen molar-refractivity contribution in [1.29, 1.82) is 0 Å². The van der Waals surface area contributed by atoms with Gasteiger partial charge in [0.25, 0.3) is 0 Å². The van der Waals surface area contributed by atoms with E-state index in [2.05, 4.69) is 49.7 Å². The largest absolute Gasteiger partial charge is 0.494 e. The molecule has 0 unspecified atom stereocenters. The highest BCUT2D eigenvalue weighted by molar-refractivity contribution is 5.81. The molecule has 0 bridgehead atoms. The molecule has 3 aromatic rings. The second kappa shape index (κ2) is 9.70. The molecule has 160 valence electrons. The van der Waals surface area contributed by atoms with Gasteiger partial charge in [-0.2, -0.15) is 0 Å². The fraction of sp³-hybridized carbons (Fsp3) is 0.400. The average molecular weight is 410 g/mol. The Hall–Kier alpha value is -2.95. The van der Waals surface area contributed by atoms with Gasteiger partial charge in [-0.3, -0.25) is 0 Å². The highest BCUT2D eigenvalue weighted by Gasteiger charge is 2.13. The molecule has 0 saturated heterocycles. The van der Waals surface area contributed by atoms with Crippen molar-refractivity contribution >= 4 is 16.9 Å². The van der Waals surface area contributed by atoms with E-state index < -0.39 is 0 Å². The van der Waals surface area contributed by atoms with E-state index in [0.717, 1.165) is 29.6 Å². The number of ether oxygens (including phenoxy) is 3. The summed E-state index contributed by atoms with van der Waals surface area (Å²) in [6.45, 7) is 10.2. The number of aryl methyl sites for hydroxylation is 1. The van der Waals surface area contributed by atoms with Gasteiger partial charge in [0.1, 0.15) is 11.5 Å². The number of esters is 1. The average Bonchev–Trinajstić information content (AvgIpc) is 3.12. The van der Waals surface area contributed by atoms with Gasteiger partial charge in [0, 0.05) is 23.6 Å². The van der Waals surface area contributed by atoms with E-state index in [1.54, 1.807) is 6.92 Å². The molecule has 0 aliphatic heterocycles. The number of carbonyl (C=O) groups is 1. The van der Waals surface area contributed by atoms with E-state index in [4.69, 9.17) is 14.2 Å². The predicted molar refractivity (Wildman–Crippen MR) is 119 cm³/mol. The van der Waals surface area contributed by atoms with Crippen molar-refractivity contribution in [1.82, 2.24) is 4.57 Å². The van der Waals surface area contributed by atoms with Crippen molar-refractivity contribution in [2.45, 2.75) is 46.1 Å². The molecule has 0 aliphatic carbocycles. The highest BCUT2D eigenvalue weighted by atomic mass is 16.6. The van der Waals surface area contributed by atoms with Crippen LogP contribution in [0.25, 0.3) is 10.9 Å². The van der Waals surface area contributed by atoms with E-state index in [1.165, 1.54) is 5.56 Å². The smallest absolute Gasteiger partial charge is 0.344 e. The Morgan fingerprint density at radius 2 is 1.70 bits per heavy atom. The summed E-state index contributed by atoms with van der Waals surface area (Å²) < 4.78 is 18.5. The van der Waals surface area contributed by atoms with Crippen LogP contribution >= 0.6 is 0 Å². The highest BCUT2D eigenvalue weighted by Crippen LogP contribution is 2.25.